The quantitative estimate of drug-likeness (QED) is 0.771. The Morgan fingerprint density at radius 3 is 1.80 bits per heavy atom. The van der Waals surface area contributed by atoms with Crippen LogP contribution in [0.2, 0.25) is 5.02 Å². The molecular weight excluding hydrogens is 220 g/mol. The van der Waals surface area contributed by atoms with Gasteiger partial charge < -0.3 is 19.7 Å². The molecule has 0 bridgehead atoms. The lowest BCUT2D eigenvalue weighted by molar-refractivity contribution is 0.194. The monoisotopic (exact) mass is 232 g/mol. The normalized spacial score (nSPS) is 10.1. The number of halogens is 1. The van der Waals surface area contributed by atoms with Crippen LogP contribution in [0.3, 0.4) is 0 Å². The van der Waals surface area contributed by atoms with E-state index in [0.717, 1.165) is 0 Å². The summed E-state index contributed by atoms with van der Waals surface area (Å²) in [7, 11) is 0. The van der Waals surface area contributed by atoms with Crippen molar-refractivity contribution < 1.29 is 19.7 Å². The lowest BCUT2D eigenvalue weighted by Gasteiger charge is -2.08. The zero-order valence-electron chi connectivity index (χ0n) is 8.15. The number of rotatable bonds is 6. The van der Waals surface area contributed by atoms with Gasteiger partial charge in [0.15, 0.2) is 0 Å². The van der Waals surface area contributed by atoms with Crippen LogP contribution in [0.1, 0.15) is 0 Å². The highest BCUT2D eigenvalue weighted by Crippen LogP contribution is 2.25. The van der Waals surface area contributed by atoms with Gasteiger partial charge in [-0.25, -0.2) is 0 Å². The molecule has 0 saturated heterocycles. The fourth-order valence-electron chi connectivity index (χ4n) is 1.03. The Morgan fingerprint density at radius 1 is 0.933 bits per heavy atom. The molecule has 1 aromatic carbocycles. The van der Waals surface area contributed by atoms with Crippen LogP contribution in [0.15, 0.2) is 18.2 Å². The van der Waals surface area contributed by atoms with Gasteiger partial charge in [0.2, 0.25) is 0 Å². The molecule has 1 rings (SSSR count). The van der Waals surface area contributed by atoms with Crippen molar-refractivity contribution in [1.82, 2.24) is 0 Å². The molecule has 0 amide bonds. The van der Waals surface area contributed by atoms with Crippen LogP contribution in [0.4, 0.5) is 0 Å². The zero-order chi connectivity index (χ0) is 11.1. The van der Waals surface area contributed by atoms with Crippen molar-refractivity contribution in [3.63, 3.8) is 0 Å². The number of ether oxygens (including phenoxy) is 2. The molecule has 2 N–H and O–H groups in total. The van der Waals surface area contributed by atoms with Gasteiger partial charge >= 0.3 is 0 Å². The van der Waals surface area contributed by atoms with Crippen LogP contribution < -0.4 is 9.47 Å². The van der Waals surface area contributed by atoms with Crippen LogP contribution in [0, 0.1) is 0 Å². The van der Waals surface area contributed by atoms with E-state index in [2.05, 4.69) is 0 Å². The second kappa shape index (κ2) is 6.50. The van der Waals surface area contributed by atoms with Gasteiger partial charge in [0.1, 0.15) is 24.7 Å². The summed E-state index contributed by atoms with van der Waals surface area (Å²) in [4.78, 5) is 0. The maximum atomic E-state index is 8.59. The summed E-state index contributed by atoms with van der Waals surface area (Å²) in [5, 5.41) is 17.7. The molecule has 4 nitrogen and oxygen atoms in total. The first-order chi connectivity index (χ1) is 7.26. The van der Waals surface area contributed by atoms with E-state index in [1.54, 1.807) is 18.2 Å². The number of aliphatic hydroxyl groups excluding tert-OH is 2. The van der Waals surface area contributed by atoms with Gasteiger partial charge in [-0.15, -0.1) is 0 Å². The highest BCUT2D eigenvalue weighted by molar-refractivity contribution is 6.30. The number of hydrogen-bond acceptors (Lipinski definition) is 4. The van der Waals surface area contributed by atoms with Crippen LogP contribution in [-0.4, -0.2) is 36.6 Å². The third-order valence-electron chi connectivity index (χ3n) is 1.56. The first kappa shape index (κ1) is 12.1. The summed E-state index contributed by atoms with van der Waals surface area (Å²) in [6, 6.07) is 4.91. The third kappa shape index (κ3) is 4.38. The molecule has 0 heterocycles. The van der Waals surface area contributed by atoms with Crippen LogP contribution in [0.5, 0.6) is 11.5 Å². The van der Waals surface area contributed by atoms with E-state index in [1.165, 1.54) is 0 Å². The molecule has 15 heavy (non-hydrogen) atoms. The van der Waals surface area contributed by atoms with E-state index < -0.39 is 0 Å². The van der Waals surface area contributed by atoms with Gasteiger partial charge in [0, 0.05) is 11.1 Å². The Kier molecular flexibility index (Phi) is 5.25. The Balaban J connectivity index is 2.66. The third-order valence-corrected chi connectivity index (χ3v) is 1.78. The zero-order valence-corrected chi connectivity index (χ0v) is 8.91. The van der Waals surface area contributed by atoms with Crippen molar-refractivity contribution in [3.8, 4) is 11.5 Å². The van der Waals surface area contributed by atoms with Gasteiger partial charge in [-0.1, -0.05) is 11.6 Å². The molecule has 84 valence electrons. The number of hydrogen-bond donors (Lipinski definition) is 2. The second-order valence-corrected chi connectivity index (χ2v) is 3.20. The Bertz CT molecular complexity index is 277. The summed E-state index contributed by atoms with van der Waals surface area (Å²) in [5.74, 6) is 1.06. The molecule has 0 saturated carbocycles. The fourth-order valence-corrected chi connectivity index (χ4v) is 1.25. The van der Waals surface area contributed by atoms with E-state index >= 15 is 0 Å². The molecule has 0 radical (unpaired) electrons. The lowest BCUT2D eigenvalue weighted by Crippen LogP contribution is -2.04. The maximum absolute atomic E-state index is 8.59. The summed E-state index contributed by atoms with van der Waals surface area (Å²) < 4.78 is 10.4. The molecule has 0 atom stereocenters. The van der Waals surface area contributed by atoms with Gasteiger partial charge in [-0.05, 0) is 12.1 Å². The van der Waals surface area contributed by atoms with E-state index in [-0.39, 0.29) is 26.4 Å². The van der Waals surface area contributed by atoms with Gasteiger partial charge in [-0.3, -0.25) is 0 Å². The van der Waals surface area contributed by atoms with Crippen molar-refractivity contribution in [2.75, 3.05) is 26.4 Å². The van der Waals surface area contributed by atoms with Crippen molar-refractivity contribution in [3.05, 3.63) is 23.2 Å². The van der Waals surface area contributed by atoms with Gasteiger partial charge in [0.05, 0.1) is 13.2 Å². The van der Waals surface area contributed by atoms with Crippen molar-refractivity contribution >= 4 is 11.6 Å². The summed E-state index contributed by atoms with van der Waals surface area (Å²) >= 11 is 5.82. The molecule has 0 aromatic heterocycles. The minimum atomic E-state index is -0.0562. The maximum Gasteiger partial charge on any atom is 0.124 e. The van der Waals surface area contributed by atoms with E-state index in [1.807, 2.05) is 0 Å². The molecular formula is C10H13ClO4. The van der Waals surface area contributed by atoms with E-state index in [4.69, 9.17) is 31.3 Å². The van der Waals surface area contributed by atoms with Gasteiger partial charge in [0.25, 0.3) is 0 Å². The Hall–Kier alpha value is -0.970. The molecule has 0 spiro atoms. The minimum Gasteiger partial charge on any atom is -0.491 e. The first-order valence-electron chi connectivity index (χ1n) is 4.54. The molecule has 1 aromatic rings. The number of aliphatic hydroxyl groups is 2. The highest BCUT2D eigenvalue weighted by Gasteiger charge is 2.01. The summed E-state index contributed by atoms with van der Waals surface area (Å²) in [6.07, 6.45) is 0. The van der Waals surface area contributed by atoms with Crippen LogP contribution in [0.25, 0.3) is 0 Å². The predicted octanol–water partition coefficient (Wildman–Crippen LogP) is 1.08. The smallest absolute Gasteiger partial charge is 0.124 e. The van der Waals surface area contributed by atoms with Crippen molar-refractivity contribution in [2.45, 2.75) is 0 Å². The highest BCUT2D eigenvalue weighted by atomic mass is 35.5. The average Bonchev–Trinajstić information content (AvgIpc) is 2.23. The molecule has 5 heteroatoms. The molecule has 0 fully saturated rings. The number of benzene rings is 1. The van der Waals surface area contributed by atoms with Gasteiger partial charge in [-0.2, -0.15) is 0 Å². The largest absolute Gasteiger partial charge is 0.491 e. The molecule has 0 aliphatic carbocycles. The Labute approximate surface area is 93.0 Å². The standard InChI is InChI=1S/C10H13ClO4/c11-8-5-9(14-3-1-12)7-10(6-8)15-4-2-13/h5-7,12-13H,1-4H2. The SMILES string of the molecule is OCCOc1cc(Cl)cc(OCCO)c1. The summed E-state index contributed by atoms with van der Waals surface area (Å²) in [5.41, 5.74) is 0. The molecule has 0 aliphatic rings. The van der Waals surface area contributed by atoms with Crippen molar-refractivity contribution in [1.29, 1.82) is 0 Å². The van der Waals surface area contributed by atoms with Crippen LogP contribution >= 0.6 is 11.6 Å². The second-order valence-electron chi connectivity index (χ2n) is 2.77. The molecule has 0 unspecified atom stereocenters. The van der Waals surface area contributed by atoms with Crippen LogP contribution in [-0.2, 0) is 0 Å². The first-order valence-corrected chi connectivity index (χ1v) is 4.92. The Morgan fingerprint density at radius 2 is 1.40 bits per heavy atom. The predicted molar refractivity (Wildman–Crippen MR) is 56.6 cm³/mol. The lowest BCUT2D eigenvalue weighted by atomic mass is 10.3. The van der Waals surface area contributed by atoms with E-state index in [0.29, 0.717) is 16.5 Å². The van der Waals surface area contributed by atoms with Crippen molar-refractivity contribution in [2.24, 2.45) is 0 Å². The minimum absolute atomic E-state index is 0.0562. The summed E-state index contributed by atoms with van der Waals surface area (Å²) in [6.45, 7) is 0.304. The van der Waals surface area contributed by atoms with E-state index in [9.17, 15) is 0 Å². The fraction of sp³-hybridized carbons (Fsp3) is 0.400. The topological polar surface area (TPSA) is 58.9 Å². The molecule has 0 aliphatic heterocycles. The average molecular weight is 233 g/mol.